The Bertz CT molecular complexity index is 313. The molecule has 0 N–H and O–H groups in total. The molecule has 3 nitrogen and oxygen atoms in total. The van der Waals surface area contributed by atoms with Crippen molar-refractivity contribution in [1.29, 1.82) is 0 Å². The number of rotatable bonds is 3. The molecule has 2 fully saturated rings. The summed E-state index contributed by atoms with van der Waals surface area (Å²) in [5.41, 5.74) is 0. The largest absolute Gasteiger partial charge is 0.300 e. The standard InChI is InChI=1S/C11H21NO2S/c1-9(10-3-4-10)12-7-5-11(6-8-12)15(2,13)14/h9-11H,3-8H2,1-2H3. The number of hydrogen-bond acceptors (Lipinski definition) is 3. The molecule has 1 saturated heterocycles. The molecule has 0 radical (unpaired) electrons. The van der Waals surface area contributed by atoms with Crippen molar-refractivity contribution in [1.82, 2.24) is 4.90 Å². The predicted molar refractivity (Wildman–Crippen MR) is 61.6 cm³/mol. The molecule has 88 valence electrons. The Morgan fingerprint density at radius 1 is 1.13 bits per heavy atom. The van der Waals surface area contributed by atoms with E-state index in [0.29, 0.717) is 6.04 Å². The molecule has 1 aliphatic heterocycles. The number of sulfone groups is 1. The number of nitrogens with zero attached hydrogens (tertiary/aromatic N) is 1. The molecule has 0 bridgehead atoms. The molecular formula is C11H21NO2S. The zero-order valence-corrected chi connectivity index (χ0v) is 10.5. The fourth-order valence-corrected chi connectivity index (χ4v) is 3.66. The van der Waals surface area contributed by atoms with E-state index in [-0.39, 0.29) is 5.25 Å². The molecule has 0 amide bonds. The van der Waals surface area contributed by atoms with Crippen molar-refractivity contribution >= 4 is 9.84 Å². The van der Waals surface area contributed by atoms with Gasteiger partial charge in [-0.15, -0.1) is 0 Å². The van der Waals surface area contributed by atoms with Gasteiger partial charge in [-0.3, -0.25) is 0 Å². The molecule has 15 heavy (non-hydrogen) atoms. The van der Waals surface area contributed by atoms with Crippen LogP contribution in [0.25, 0.3) is 0 Å². The second kappa shape index (κ2) is 4.06. The van der Waals surface area contributed by atoms with Gasteiger partial charge in [-0.05, 0) is 51.6 Å². The highest BCUT2D eigenvalue weighted by Crippen LogP contribution is 2.36. The zero-order valence-electron chi connectivity index (χ0n) is 9.65. The van der Waals surface area contributed by atoms with Crippen LogP contribution in [0.2, 0.25) is 0 Å². The van der Waals surface area contributed by atoms with Crippen LogP contribution in [0.5, 0.6) is 0 Å². The maximum absolute atomic E-state index is 11.4. The van der Waals surface area contributed by atoms with Gasteiger partial charge in [-0.1, -0.05) is 0 Å². The smallest absolute Gasteiger partial charge is 0.150 e. The Hall–Kier alpha value is -0.0900. The topological polar surface area (TPSA) is 37.4 Å². The quantitative estimate of drug-likeness (QED) is 0.734. The lowest BCUT2D eigenvalue weighted by Crippen LogP contribution is -2.44. The maximum atomic E-state index is 11.4. The molecule has 1 atom stereocenters. The minimum Gasteiger partial charge on any atom is -0.300 e. The van der Waals surface area contributed by atoms with E-state index >= 15 is 0 Å². The van der Waals surface area contributed by atoms with Crippen LogP contribution in [0.1, 0.15) is 32.6 Å². The molecule has 4 heteroatoms. The Morgan fingerprint density at radius 2 is 1.67 bits per heavy atom. The van der Waals surface area contributed by atoms with Crippen molar-refractivity contribution in [3.8, 4) is 0 Å². The van der Waals surface area contributed by atoms with E-state index in [4.69, 9.17) is 0 Å². The highest BCUT2D eigenvalue weighted by atomic mass is 32.2. The second-order valence-corrected chi connectivity index (χ2v) is 7.47. The number of likely N-dealkylation sites (tertiary alicyclic amines) is 1. The van der Waals surface area contributed by atoms with Gasteiger partial charge in [0.2, 0.25) is 0 Å². The van der Waals surface area contributed by atoms with Crippen molar-refractivity contribution in [2.24, 2.45) is 5.92 Å². The van der Waals surface area contributed by atoms with Gasteiger partial charge < -0.3 is 4.90 Å². The molecule has 0 aromatic carbocycles. The Kier molecular flexibility index (Phi) is 3.08. The SMILES string of the molecule is CC(C1CC1)N1CCC(S(C)(=O)=O)CC1. The molecule has 1 heterocycles. The summed E-state index contributed by atoms with van der Waals surface area (Å²) in [5, 5.41) is -0.0832. The summed E-state index contributed by atoms with van der Waals surface area (Å²) >= 11 is 0. The van der Waals surface area contributed by atoms with Gasteiger partial charge in [0.05, 0.1) is 5.25 Å². The first-order chi connectivity index (χ1) is 6.98. The van der Waals surface area contributed by atoms with Crippen LogP contribution in [0.3, 0.4) is 0 Å². The van der Waals surface area contributed by atoms with Gasteiger partial charge in [0.15, 0.2) is 0 Å². The molecular weight excluding hydrogens is 210 g/mol. The van der Waals surface area contributed by atoms with Gasteiger partial charge in [-0.2, -0.15) is 0 Å². The van der Waals surface area contributed by atoms with Gasteiger partial charge in [0.1, 0.15) is 9.84 Å². The Labute approximate surface area is 92.8 Å². The highest BCUT2D eigenvalue weighted by molar-refractivity contribution is 7.91. The van der Waals surface area contributed by atoms with E-state index in [2.05, 4.69) is 11.8 Å². The first-order valence-corrected chi connectivity index (χ1v) is 7.87. The zero-order chi connectivity index (χ0) is 11.1. The van der Waals surface area contributed by atoms with Gasteiger partial charge in [0, 0.05) is 12.3 Å². The first-order valence-electron chi connectivity index (χ1n) is 5.91. The van der Waals surface area contributed by atoms with Crippen molar-refractivity contribution in [3.05, 3.63) is 0 Å². The summed E-state index contributed by atoms with van der Waals surface area (Å²) in [7, 11) is -2.81. The fourth-order valence-electron chi connectivity index (χ4n) is 2.59. The number of hydrogen-bond donors (Lipinski definition) is 0. The van der Waals surface area contributed by atoms with Crippen LogP contribution in [-0.4, -0.2) is 44.0 Å². The lowest BCUT2D eigenvalue weighted by Gasteiger charge is -2.35. The van der Waals surface area contributed by atoms with Gasteiger partial charge >= 0.3 is 0 Å². The molecule has 1 aliphatic carbocycles. The minimum absolute atomic E-state index is 0.0832. The lowest BCUT2D eigenvalue weighted by atomic mass is 10.1. The molecule has 0 aromatic rings. The summed E-state index contributed by atoms with van der Waals surface area (Å²) in [6, 6.07) is 0.672. The average molecular weight is 231 g/mol. The van der Waals surface area contributed by atoms with Crippen LogP contribution < -0.4 is 0 Å². The van der Waals surface area contributed by atoms with Crippen molar-refractivity contribution in [3.63, 3.8) is 0 Å². The lowest BCUT2D eigenvalue weighted by molar-refractivity contribution is 0.159. The third kappa shape index (κ3) is 2.72. The van der Waals surface area contributed by atoms with E-state index in [1.807, 2.05) is 0 Å². The fraction of sp³-hybridized carbons (Fsp3) is 1.00. The van der Waals surface area contributed by atoms with Crippen LogP contribution in [0.4, 0.5) is 0 Å². The highest BCUT2D eigenvalue weighted by Gasteiger charge is 2.35. The number of piperidine rings is 1. The van der Waals surface area contributed by atoms with Crippen molar-refractivity contribution in [2.75, 3.05) is 19.3 Å². The summed E-state index contributed by atoms with van der Waals surface area (Å²) in [5.74, 6) is 0.889. The summed E-state index contributed by atoms with van der Waals surface area (Å²) in [4.78, 5) is 2.47. The van der Waals surface area contributed by atoms with Crippen LogP contribution in [0, 0.1) is 5.92 Å². The molecule has 1 unspecified atom stereocenters. The third-order valence-electron chi connectivity index (χ3n) is 3.96. The van der Waals surface area contributed by atoms with Gasteiger partial charge in [0.25, 0.3) is 0 Å². The van der Waals surface area contributed by atoms with Crippen molar-refractivity contribution < 1.29 is 8.42 Å². The maximum Gasteiger partial charge on any atom is 0.150 e. The van der Waals surface area contributed by atoms with E-state index < -0.39 is 9.84 Å². The molecule has 0 aromatic heterocycles. The Morgan fingerprint density at radius 3 is 2.07 bits per heavy atom. The average Bonchev–Trinajstić information content (AvgIpc) is 2.99. The van der Waals surface area contributed by atoms with E-state index in [1.54, 1.807) is 0 Å². The second-order valence-electron chi connectivity index (χ2n) is 5.14. The summed E-state index contributed by atoms with van der Waals surface area (Å²) in [6.45, 7) is 4.23. The third-order valence-corrected chi connectivity index (χ3v) is 5.64. The summed E-state index contributed by atoms with van der Waals surface area (Å²) < 4.78 is 22.8. The molecule has 2 rings (SSSR count). The minimum atomic E-state index is -2.81. The molecule has 2 aliphatic rings. The summed E-state index contributed by atoms with van der Waals surface area (Å²) in [6.07, 6.45) is 5.77. The van der Waals surface area contributed by atoms with E-state index in [0.717, 1.165) is 31.8 Å². The normalized spacial score (nSPS) is 27.9. The van der Waals surface area contributed by atoms with Crippen molar-refractivity contribution in [2.45, 2.75) is 43.9 Å². The predicted octanol–water partition coefficient (Wildman–Crippen LogP) is 1.29. The van der Waals surface area contributed by atoms with E-state index in [9.17, 15) is 8.42 Å². The van der Waals surface area contributed by atoms with E-state index in [1.165, 1.54) is 19.1 Å². The van der Waals surface area contributed by atoms with Gasteiger partial charge in [-0.25, -0.2) is 8.42 Å². The van der Waals surface area contributed by atoms with Crippen LogP contribution in [-0.2, 0) is 9.84 Å². The van der Waals surface area contributed by atoms with Crippen LogP contribution in [0.15, 0.2) is 0 Å². The monoisotopic (exact) mass is 231 g/mol. The first kappa shape index (κ1) is 11.4. The molecule has 0 spiro atoms. The molecule has 1 saturated carbocycles. The Balaban J connectivity index is 1.86. The van der Waals surface area contributed by atoms with Crippen LogP contribution >= 0.6 is 0 Å².